The third kappa shape index (κ3) is 4.62. The molecule has 96 valence electrons. The molecule has 0 radical (unpaired) electrons. The Morgan fingerprint density at radius 3 is 2.53 bits per heavy atom. The van der Waals surface area contributed by atoms with Gasteiger partial charge in [0.25, 0.3) is 0 Å². The van der Waals surface area contributed by atoms with Crippen LogP contribution in [0.15, 0.2) is 18.2 Å². The van der Waals surface area contributed by atoms with Crippen molar-refractivity contribution < 1.29 is 27.8 Å². The molecular weight excluding hydrogens is 237 g/mol. The summed E-state index contributed by atoms with van der Waals surface area (Å²) in [6, 6.07) is 5.13. The molecule has 0 heterocycles. The Morgan fingerprint density at radius 1 is 1.24 bits per heavy atom. The number of alkyl halides is 3. The number of halogens is 3. The minimum atomic E-state index is -4.64. The minimum Gasteiger partial charge on any atom is -0.491 e. The van der Waals surface area contributed by atoms with E-state index in [2.05, 4.69) is 4.74 Å². The van der Waals surface area contributed by atoms with E-state index in [1.54, 1.807) is 25.1 Å². The lowest BCUT2D eigenvalue weighted by Crippen LogP contribution is -2.18. The molecule has 0 amide bonds. The van der Waals surface area contributed by atoms with Gasteiger partial charge in [0.15, 0.2) is 0 Å². The average molecular weight is 250 g/mol. The second kappa shape index (κ2) is 5.88. The van der Waals surface area contributed by atoms with Crippen LogP contribution >= 0.6 is 0 Å². The number of rotatable bonds is 5. The molecule has 0 atom stereocenters. The summed E-state index contributed by atoms with van der Waals surface area (Å²) in [6.45, 7) is 0.719. The van der Waals surface area contributed by atoms with E-state index >= 15 is 0 Å². The Bertz CT molecular complexity index is 363. The molecular formula is C11H13F3O3. The van der Waals surface area contributed by atoms with Gasteiger partial charge in [-0.05, 0) is 12.5 Å². The van der Waals surface area contributed by atoms with E-state index in [1.165, 1.54) is 0 Å². The first-order chi connectivity index (χ1) is 7.94. The largest absolute Gasteiger partial charge is 0.522 e. The monoisotopic (exact) mass is 250 g/mol. The molecule has 3 nitrogen and oxygen atoms in total. The van der Waals surface area contributed by atoms with Crippen LogP contribution in [-0.2, 0) is 11.3 Å². The normalized spacial score (nSPS) is 11.6. The molecule has 1 aromatic carbocycles. The molecule has 0 saturated heterocycles. The summed E-state index contributed by atoms with van der Waals surface area (Å²) in [5.74, 6) is 0.403. The first-order valence-corrected chi connectivity index (χ1v) is 4.97. The van der Waals surface area contributed by atoms with Crippen LogP contribution in [0.3, 0.4) is 0 Å². The van der Waals surface area contributed by atoms with Crippen molar-refractivity contribution in [3.8, 4) is 5.75 Å². The summed E-state index contributed by atoms with van der Waals surface area (Å²) >= 11 is 0. The Morgan fingerprint density at radius 2 is 1.94 bits per heavy atom. The van der Waals surface area contributed by atoms with Gasteiger partial charge in [-0.1, -0.05) is 18.2 Å². The second-order valence-electron chi connectivity index (χ2n) is 3.36. The third-order valence-electron chi connectivity index (χ3n) is 2.06. The summed E-state index contributed by atoms with van der Waals surface area (Å²) in [7, 11) is 0. The van der Waals surface area contributed by atoms with E-state index in [1.807, 2.05) is 0 Å². The summed E-state index contributed by atoms with van der Waals surface area (Å²) in [5, 5.41) is 9.04. The van der Waals surface area contributed by atoms with Gasteiger partial charge in [-0.3, -0.25) is 4.74 Å². The van der Waals surface area contributed by atoms with E-state index in [-0.39, 0.29) is 13.2 Å². The quantitative estimate of drug-likeness (QED) is 0.815. The molecule has 1 rings (SSSR count). The van der Waals surface area contributed by atoms with Crippen molar-refractivity contribution >= 4 is 0 Å². The Kier molecular flexibility index (Phi) is 4.77. The maximum atomic E-state index is 11.7. The first-order valence-electron chi connectivity index (χ1n) is 4.97. The molecule has 1 N–H and O–H groups in total. The number of aryl methyl sites for hydroxylation is 1. The van der Waals surface area contributed by atoms with E-state index in [0.717, 1.165) is 5.56 Å². The van der Waals surface area contributed by atoms with E-state index in [0.29, 0.717) is 11.3 Å². The molecule has 0 fully saturated rings. The predicted octanol–water partition coefficient (Wildman–Crippen LogP) is 2.40. The zero-order chi connectivity index (χ0) is 12.9. The van der Waals surface area contributed by atoms with Crippen LogP contribution in [0.2, 0.25) is 0 Å². The number of aliphatic hydroxyl groups excluding tert-OH is 1. The molecule has 0 aliphatic carbocycles. The number of ether oxygens (including phenoxy) is 2. The second-order valence-corrected chi connectivity index (χ2v) is 3.36. The number of aliphatic hydroxyl groups is 1. The predicted molar refractivity (Wildman–Crippen MR) is 54.6 cm³/mol. The lowest BCUT2D eigenvalue weighted by Gasteiger charge is -2.13. The smallest absolute Gasteiger partial charge is 0.491 e. The van der Waals surface area contributed by atoms with Crippen molar-refractivity contribution in [2.75, 3.05) is 13.2 Å². The molecule has 17 heavy (non-hydrogen) atoms. The standard InChI is InChI=1S/C11H13F3O3/c1-8-3-2-4-9(7-15)10(8)16-5-6-17-11(12,13)14/h2-4,15H,5-7H2,1H3. The zero-order valence-corrected chi connectivity index (χ0v) is 9.25. The van der Waals surface area contributed by atoms with Gasteiger partial charge in [0.05, 0.1) is 13.2 Å². The fourth-order valence-corrected chi connectivity index (χ4v) is 1.35. The zero-order valence-electron chi connectivity index (χ0n) is 9.25. The van der Waals surface area contributed by atoms with E-state index in [9.17, 15) is 13.2 Å². The number of hydrogen-bond acceptors (Lipinski definition) is 3. The summed E-state index contributed by atoms with van der Waals surface area (Å²) in [6.07, 6.45) is -4.64. The topological polar surface area (TPSA) is 38.7 Å². The molecule has 1 aromatic rings. The first kappa shape index (κ1) is 13.8. The summed E-state index contributed by atoms with van der Waals surface area (Å²) < 4.78 is 43.8. The lowest BCUT2D eigenvalue weighted by molar-refractivity contribution is -0.325. The van der Waals surface area contributed by atoms with Crippen LogP contribution in [0.4, 0.5) is 13.2 Å². The maximum absolute atomic E-state index is 11.7. The number of para-hydroxylation sites is 1. The van der Waals surface area contributed by atoms with E-state index < -0.39 is 13.0 Å². The van der Waals surface area contributed by atoms with Crippen molar-refractivity contribution in [1.82, 2.24) is 0 Å². The molecule has 0 saturated carbocycles. The summed E-state index contributed by atoms with van der Waals surface area (Å²) in [4.78, 5) is 0. The van der Waals surface area contributed by atoms with Crippen molar-refractivity contribution in [3.05, 3.63) is 29.3 Å². The Labute approximate surface area is 96.8 Å². The lowest BCUT2D eigenvalue weighted by atomic mass is 10.1. The van der Waals surface area contributed by atoms with Crippen molar-refractivity contribution in [2.24, 2.45) is 0 Å². The fourth-order valence-electron chi connectivity index (χ4n) is 1.35. The molecule has 0 aliphatic heterocycles. The molecule has 6 heteroatoms. The maximum Gasteiger partial charge on any atom is 0.522 e. The highest BCUT2D eigenvalue weighted by Gasteiger charge is 2.28. The third-order valence-corrected chi connectivity index (χ3v) is 2.06. The Balaban J connectivity index is 2.52. The van der Waals surface area contributed by atoms with Crippen molar-refractivity contribution in [3.63, 3.8) is 0 Å². The fraction of sp³-hybridized carbons (Fsp3) is 0.455. The van der Waals surface area contributed by atoms with Gasteiger partial charge >= 0.3 is 6.36 Å². The highest BCUT2D eigenvalue weighted by molar-refractivity contribution is 5.40. The van der Waals surface area contributed by atoms with Crippen LogP contribution < -0.4 is 4.74 Å². The highest BCUT2D eigenvalue weighted by Crippen LogP contribution is 2.23. The van der Waals surface area contributed by atoms with Crippen LogP contribution in [0.1, 0.15) is 11.1 Å². The van der Waals surface area contributed by atoms with Gasteiger partial charge in [0.2, 0.25) is 0 Å². The van der Waals surface area contributed by atoms with Gasteiger partial charge in [-0.25, -0.2) is 0 Å². The Hall–Kier alpha value is -1.27. The highest BCUT2D eigenvalue weighted by atomic mass is 19.4. The molecule has 0 aliphatic rings. The number of hydrogen-bond donors (Lipinski definition) is 1. The van der Waals surface area contributed by atoms with Gasteiger partial charge in [0.1, 0.15) is 12.4 Å². The minimum absolute atomic E-state index is 0.225. The van der Waals surface area contributed by atoms with Crippen LogP contribution in [0.5, 0.6) is 5.75 Å². The van der Waals surface area contributed by atoms with Gasteiger partial charge in [-0.15, -0.1) is 13.2 Å². The number of benzene rings is 1. The van der Waals surface area contributed by atoms with Crippen LogP contribution in [0.25, 0.3) is 0 Å². The van der Waals surface area contributed by atoms with Gasteiger partial charge in [-0.2, -0.15) is 0 Å². The van der Waals surface area contributed by atoms with Crippen LogP contribution in [0, 0.1) is 6.92 Å². The molecule has 0 spiro atoms. The molecule has 0 aromatic heterocycles. The molecule has 0 bridgehead atoms. The van der Waals surface area contributed by atoms with E-state index in [4.69, 9.17) is 9.84 Å². The van der Waals surface area contributed by atoms with Crippen LogP contribution in [-0.4, -0.2) is 24.7 Å². The summed E-state index contributed by atoms with van der Waals surface area (Å²) in [5.41, 5.74) is 1.29. The van der Waals surface area contributed by atoms with Crippen molar-refractivity contribution in [2.45, 2.75) is 19.9 Å². The molecule has 0 unspecified atom stereocenters. The van der Waals surface area contributed by atoms with Gasteiger partial charge < -0.3 is 9.84 Å². The SMILES string of the molecule is Cc1cccc(CO)c1OCCOC(F)(F)F. The van der Waals surface area contributed by atoms with Gasteiger partial charge in [0, 0.05) is 5.56 Å². The average Bonchev–Trinajstić information content (AvgIpc) is 2.24. The van der Waals surface area contributed by atoms with Crippen molar-refractivity contribution in [1.29, 1.82) is 0 Å².